The summed E-state index contributed by atoms with van der Waals surface area (Å²) in [5, 5.41) is 10.5. The Morgan fingerprint density at radius 1 is 0.742 bits per heavy atom. The Labute approximate surface area is 210 Å². The van der Waals surface area contributed by atoms with E-state index in [0.717, 1.165) is 32.1 Å². The molecule has 0 aromatic rings. The molecule has 0 N–H and O–H groups in total. The predicted molar refractivity (Wildman–Crippen MR) is 116 cm³/mol. The molecule has 0 aliphatic carbocycles. The molecule has 7 heteroatoms. The second-order valence-corrected chi connectivity index (χ2v) is 7.86. The van der Waals surface area contributed by atoms with Gasteiger partial charge in [-0.1, -0.05) is 70.4 Å². The van der Waals surface area contributed by atoms with Crippen molar-refractivity contribution >= 4 is 17.9 Å². The van der Waals surface area contributed by atoms with Crippen LogP contribution in [0, 0.1) is 0 Å². The molecular formula is C24H41NaO6. The van der Waals surface area contributed by atoms with Gasteiger partial charge in [-0.25, -0.2) is 4.79 Å². The maximum absolute atomic E-state index is 11.7. The first kappa shape index (κ1) is 32.3. The Morgan fingerprint density at radius 3 is 1.74 bits per heavy atom. The second-order valence-electron chi connectivity index (χ2n) is 7.86. The monoisotopic (exact) mass is 448 g/mol. The number of ether oxygens (including phenoxy) is 2. The summed E-state index contributed by atoms with van der Waals surface area (Å²) in [5.41, 5.74) is 0. The minimum Gasteiger partial charge on any atom is -0.546 e. The smallest absolute Gasteiger partial charge is 0.546 e. The molecule has 0 spiro atoms. The van der Waals surface area contributed by atoms with Gasteiger partial charge < -0.3 is 19.4 Å². The predicted octanol–water partition coefficient (Wildman–Crippen LogP) is 1.64. The molecule has 0 aliphatic rings. The number of hydrogen-bond acceptors (Lipinski definition) is 6. The number of unbranched alkanes of at least 4 members (excludes halogenated alkanes) is 11. The molecule has 0 rings (SSSR count). The number of carbonyl (C=O) groups is 3. The first-order chi connectivity index (χ1) is 14.4. The van der Waals surface area contributed by atoms with Gasteiger partial charge in [0.15, 0.2) is 6.10 Å². The average molecular weight is 449 g/mol. The van der Waals surface area contributed by atoms with E-state index in [9.17, 15) is 19.5 Å². The van der Waals surface area contributed by atoms with Crippen molar-refractivity contribution in [3.63, 3.8) is 0 Å². The van der Waals surface area contributed by atoms with Crippen molar-refractivity contribution in [1.29, 1.82) is 0 Å². The summed E-state index contributed by atoms with van der Waals surface area (Å²) >= 11 is 0. The number of carbonyl (C=O) groups excluding carboxylic acids is 3. The van der Waals surface area contributed by atoms with Crippen LogP contribution in [0.4, 0.5) is 0 Å². The standard InChI is InChI=1S/C24H42O6.Na/c1-4-5-6-7-8-9-10-11-12-13-14-15-16-17-18-19-22(25)29-21(3)24(28)30-20(2)23(26)27;/h11-12,20-21H,4-10,13-19H2,1-3H3,(H,26,27);/q;+1/p-1/b12-11-;. The second kappa shape index (κ2) is 22.3. The molecule has 0 fully saturated rings. The molecule has 2 atom stereocenters. The summed E-state index contributed by atoms with van der Waals surface area (Å²) in [7, 11) is 0. The first-order valence-corrected chi connectivity index (χ1v) is 11.6. The van der Waals surface area contributed by atoms with Crippen molar-refractivity contribution in [3.05, 3.63) is 12.2 Å². The van der Waals surface area contributed by atoms with E-state index in [0.29, 0.717) is 6.42 Å². The SMILES string of the molecule is CCCCCCCC/C=C\CCCCCCCC(=O)OC(C)C(=O)OC(C)C(=O)[O-].[Na+]. The topological polar surface area (TPSA) is 92.7 Å². The maximum atomic E-state index is 11.7. The number of esters is 2. The molecule has 0 aromatic heterocycles. The third-order valence-electron chi connectivity index (χ3n) is 4.91. The molecule has 174 valence electrons. The van der Waals surface area contributed by atoms with Crippen LogP contribution in [0.1, 0.15) is 111 Å². The Bertz CT molecular complexity index is 506. The van der Waals surface area contributed by atoms with E-state index in [2.05, 4.69) is 23.8 Å². The largest absolute Gasteiger partial charge is 1.00 e. The van der Waals surface area contributed by atoms with E-state index < -0.39 is 30.1 Å². The van der Waals surface area contributed by atoms with Crippen LogP contribution in [0.5, 0.6) is 0 Å². The van der Waals surface area contributed by atoms with E-state index in [1.165, 1.54) is 58.8 Å². The summed E-state index contributed by atoms with van der Waals surface area (Å²) in [6.07, 6.45) is 17.7. The minimum atomic E-state index is -1.49. The van der Waals surface area contributed by atoms with Crippen LogP contribution >= 0.6 is 0 Å². The number of carboxylic acid groups (broad SMARTS) is 1. The van der Waals surface area contributed by atoms with Gasteiger partial charge in [-0.05, 0) is 46.0 Å². The molecule has 0 aliphatic heterocycles. The fourth-order valence-electron chi connectivity index (χ4n) is 2.96. The molecule has 0 radical (unpaired) electrons. The molecule has 0 heterocycles. The van der Waals surface area contributed by atoms with Crippen LogP contribution in [0.3, 0.4) is 0 Å². The van der Waals surface area contributed by atoms with Gasteiger partial charge in [-0.2, -0.15) is 0 Å². The molecule has 31 heavy (non-hydrogen) atoms. The zero-order chi connectivity index (χ0) is 22.6. The van der Waals surface area contributed by atoms with Crippen LogP contribution in [0.15, 0.2) is 12.2 Å². The van der Waals surface area contributed by atoms with Gasteiger partial charge in [0.2, 0.25) is 0 Å². The van der Waals surface area contributed by atoms with Gasteiger partial charge in [0, 0.05) is 6.42 Å². The summed E-state index contributed by atoms with van der Waals surface area (Å²) in [4.78, 5) is 33.9. The number of carboxylic acids is 1. The van der Waals surface area contributed by atoms with Crippen LogP contribution in [0.25, 0.3) is 0 Å². The van der Waals surface area contributed by atoms with Crippen molar-refractivity contribution in [1.82, 2.24) is 0 Å². The fraction of sp³-hybridized carbons (Fsp3) is 0.792. The van der Waals surface area contributed by atoms with Gasteiger partial charge in [-0.3, -0.25) is 4.79 Å². The third-order valence-corrected chi connectivity index (χ3v) is 4.91. The van der Waals surface area contributed by atoms with Gasteiger partial charge in [-0.15, -0.1) is 0 Å². The number of aliphatic carboxylic acids is 1. The van der Waals surface area contributed by atoms with Crippen molar-refractivity contribution in [2.24, 2.45) is 0 Å². The average Bonchev–Trinajstić information content (AvgIpc) is 2.70. The van der Waals surface area contributed by atoms with E-state index in [-0.39, 0.29) is 36.0 Å². The van der Waals surface area contributed by atoms with Crippen molar-refractivity contribution < 1.29 is 58.5 Å². The molecule has 2 unspecified atom stereocenters. The van der Waals surface area contributed by atoms with E-state index in [1.807, 2.05) is 0 Å². The molecule has 0 bridgehead atoms. The Hall–Kier alpha value is -0.850. The minimum absolute atomic E-state index is 0. The maximum Gasteiger partial charge on any atom is 1.00 e. The number of hydrogen-bond donors (Lipinski definition) is 0. The first-order valence-electron chi connectivity index (χ1n) is 11.6. The van der Waals surface area contributed by atoms with Crippen molar-refractivity contribution in [2.75, 3.05) is 0 Å². The van der Waals surface area contributed by atoms with Gasteiger partial charge >= 0.3 is 41.5 Å². The van der Waals surface area contributed by atoms with Crippen LogP contribution in [-0.2, 0) is 23.9 Å². The molecule has 0 aromatic carbocycles. The zero-order valence-corrected chi connectivity index (χ0v) is 22.2. The van der Waals surface area contributed by atoms with E-state index in [1.54, 1.807) is 0 Å². The van der Waals surface area contributed by atoms with Gasteiger partial charge in [0.25, 0.3) is 0 Å². The fourth-order valence-corrected chi connectivity index (χ4v) is 2.96. The van der Waals surface area contributed by atoms with Crippen LogP contribution in [0.2, 0.25) is 0 Å². The summed E-state index contributed by atoms with van der Waals surface area (Å²) < 4.78 is 9.60. The van der Waals surface area contributed by atoms with E-state index in [4.69, 9.17) is 4.74 Å². The normalized spacial score (nSPS) is 12.7. The van der Waals surface area contributed by atoms with Crippen LogP contribution in [-0.4, -0.2) is 30.1 Å². The molecule has 0 saturated carbocycles. The third kappa shape index (κ3) is 20.8. The number of rotatable bonds is 19. The Balaban J connectivity index is 0. The molecular weight excluding hydrogens is 407 g/mol. The van der Waals surface area contributed by atoms with Crippen LogP contribution < -0.4 is 34.7 Å². The van der Waals surface area contributed by atoms with Crippen molar-refractivity contribution in [2.45, 2.75) is 123 Å². The van der Waals surface area contributed by atoms with Gasteiger partial charge in [0.1, 0.15) is 6.10 Å². The zero-order valence-electron chi connectivity index (χ0n) is 20.2. The van der Waals surface area contributed by atoms with Gasteiger partial charge in [0.05, 0.1) is 5.97 Å². The molecule has 6 nitrogen and oxygen atoms in total. The summed E-state index contributed by atoms with van der Waals surface area (Å²) in [6.45, 7) is 4.79. The summed E-state index contributed by atoms with van der Waals surface area (Å²) in [5.74, 6) is -2.85. The van der Waals surface area contributed by atoms with E-state index >= 15 is 0 Å². The molecule has 0 amide bonds. The Morgan fingerprint density at radius 2 is 1.23 bits per heavy atom. The Kier molecular flexibility index (Phi) is 23.3. The summed E-state index contributed by atoms with van der Waals surface area (Å²) in [6, 6.07) is 0. The number of allylic oxidation sites excluding steroid dienone is 2. The van der Waals surface area contributed by atoms with Crippen molar-refractivity contribution in [3.8, 4) is 0 Å². The quantitative estimate of drug-likeness (QED) is 0.129. The molecule has 0 saturated heterocycles.